The van der Waals surface area contributed by atoms with Crippen LogP contribution in [0.15, 0.2) is 48.5 Å². The molecule has 0 radical (unpaired) electrons. The molecular formula is C17H22N2O2. The van der Waals surface area contributed by atoms with E-state index in [1.807, 2.05) is 36.4 Å². The number of para-hydroxylation sites is 2. The van der Waals surface area contributed by atoms with Gasteiger partial charge in [-0.3, -0.25) is 0 Å². The molecule has 0 saturated heterocycles. The highest BCUT2D eigenvalue weighted by molar-refractivity contribution is 5.58. The zero-order chi connectivity index (χ0) is 14.9. The largest absolute Gasteiger partial charge is 0.395 e. The number of nitrogens with one attached hydrogen (secondary N) is 2. The Balaban J connectivity index is 2.18. The van der Waals surface area contributed by atoms with E-state index in [9.17, 15) is 0 Å². The van der Waals surface area contributed by atoms with Crippen LogP contribution in [0.4, 0.5) is 11.4 Å². The van der Waals surface area contributed by atoms with Gasteiger partial charge >= 0.3 is 0 Å². The zero-order valence-corrected chi connectivity index (χ0v) is 12.0. The quantitative estimate of drug-likeness (QED) is 0.600. The van der Waals surface area contributed by atoms with Crippen molar-refractivity contribution in [3.8, 4) is 0 Å². The predicted octanol–water partition coefficient (Wildman–Crippen LogP) is 2.09. The molecule has 2 aromatic rings. The van der Waals surface area contributed by atoms with Crippen LogP contribution in [-0.4, -0.2) is 36.5 Å². The van der Waals surface area contributed by atoms with E-state index in [1.54, 1.807) is 0 Å². The van der Waals surface area contributed by atoms with Crippen molar-refractivity contribution >= 4 is 11.4 Å². The molecule has 0 aromatic heterocycles. The third-order valence-corrected chi connectivity index (χ3v) is 3.27. The summed E-state index contributed by atoms with van der Waals surface area (Å²) in [5.41, 5.74) is 4.46. The second-order valence-corrected chi connectivity index (χ2v) is 4.79. The Kier molecular flexibility index (Phi) is 6.06. The molecular weight excluding hydrogens is 264 g/mol. The minimum Gasteiger partial charge on any atom is -0.395 e. The summed E-state index contributed by atoms with van der Waals surface area (Å²) in [5.74, 6) is 0. The molecule has 4 heteroatoms. The molecule has 0 bridgehead atoms. The summed E-state index contributed by atoms with van der Waals surface area (Å²) < 4.78 is 0. The molecule has 0 saturated carbocycles. The normalized spacial score (nSPS) is 10.4. The first-order valence-electron chi connectivity index (χ1n) is 7.20. The zero-order valence-electron chi connectivity index (χ0n) is 12.0. The molecule has 4 nitrogen and oxygen atoms in total. The van der Waals surface area contributed by atoms with Gasteiger partial charge in [0.2, 0.25) is 0 Å². The SMILES string of the molecule is OCCNc1ccccc1Cc1ccccc1NCCO. The predicted molar refractivity (Wildman–Crippen MR) is 86.8 cm³/mol. The van der Waals surface area contributed by atoms with Crippen LogP contribution < -0.4 is 10.6 Å². The Morgan fingerprint density at radius 3 is 1.52 bits per heavy atom. The topological polar surface area (TPSA) is 64.5 Å². The van der Waals surface area contributed by atoms with Crippen molar-refractivity contribution < 1.29 is 10.2 Å². The summed E-state index contributed by atoms with van der Waals surface area (Å²) in [5, 5.41) is 24.4. The van der Waals surface area contributed by atoms with Gasteiger partial charge in [0, 0.05) is 30.9 Å². The molecule has 2 aromatic carbocycles. The molecule has 0 aliphatic rings. The van der Waals surface area contributed by atoms with Crippen LogP contribution in [-0.2, 0) is 6.42 Å². The summed E-state index contributed by atoms with van der Waals surface area (Å²) in [6, 6.07) is 16.2. The first-order chi connectivity index (χ1) is 10.3. The van der Waals surface area contributed by atoms with Crippen molar-refractivity contribution in [1.29, 1.82) is 0 Å². The van der Waals surface area contributed by atoms with E-state index in [1.165, 1.54) is 11.1 Å². The van der Waals surface area contributed by atoms with Gasteiger partial charge in [0.15, 0.2) is 0 Å². The van der Waals surface area contributed by atoms with Crippen LogP contribution in [0.1, 0.15) is 11.1 Å². The molecule has 0 fully saturated rings. The van der Waals surface area contributed by atoms with Crippen LogP contribution in [0, 0.1) is 0 Å². The highest BCUT2D eigenvalue weighted by Crippen LogP contribution is 2.23. The number of aliphatic hydroxyl groups is 2. The molecule has 2 rings (SSSR count). The fourth-order valence-corrected chi connectivity index (χ4v) is 2.28. The minimum absolute atomic E-state index is 0.114. The van der Waals surface area contributed by atoms with Gasteiger partial charge in [-0.25, -0.2) is 0 Å². The molecule has 0 unspecified atom stereocenters. The van der Waals surface area contributed by atoms with E-state index in [-0.39, 0.29) is 13.2 Å². The van der Waals surface area contributed by atoms with Crippen molar-refractivity contribution in [3.05, 3.63) is 59.7 Å². The Bertz CT molecular complexity index is 508. The lowest BCUT2D eigenvalue weighted by Crippen LogP contribution is -2.09. The lowest BCUT2D eigenvalue weighted by atomic mass is 10.0. The van der Waals surface area contributed by atoms with Crippen LogP contribution >= 0.6 is 0 Å². The number of aliphatic hydroxyl groups excluding tert-OH is 2. The van der Waals surface area contributed by atoms with Gasteiger partial charge in [-0.2, -0.15) is 0 Å². The summed E-state index contributed by atoms with van der Waals surface area (Å²) in [4.78, 5) is 0. The second-order valence-electron chi connectivity index (χ2n) is 4.79. The molecule has 0 spiro atoms. The molecule has 4 N–H and O–H groups in total. The van der Waals surface area contributed by atoms with Crippen LogP contribution in [0.5, 0.6) is 0 Å². The summed E-state index contributed by atoms with van der Waals surface area (Å²) >= 11 is 0. The van der Waals surface area contributed by atoms with Gasteiger partial charge in [-0.05, 0) is 23.3 Å². The molecule has 0 aliphatic heterocycles. The number of anilines is 2. The van der Waals surface area contributed by atoms with Crippen LogP contribution in [0.25, 0.3) is 0 Å². The smallest absolute Gasteiger partial charge is 0.0604 e. The molecule has 0 atom stereocenters. The highest BCUT2D eigenvalue weighted by Gasteiger charge is 2.06. The Labute approximate surface area is 125 Å². The summed E-state index contributed by atoms with van der Waals surface area (Å²) in [6.07, 6.45) is 0.795. The first-order valence-corrected chi connectivity index (χ1v) is 7.20. The number of hydrogen-bond acceptors (Lipinski definition) is 4. The summed E-state index contributed by atoms with van der Waals surface area (Å²) in [7, 11) is 0. The molecule has 0 amide bonds. The average molecular weight is 286 g/mol. The Hall–Kier alpha value is -2.04. The molecule has 21 heavy (non-hydrogen) atoms. The third-order valence-electron chi connectivity index (χ3n) is 3.27. The Morgan fingerprint density at radius 1 is 0.667 bits per heavy atom. The standard InChI is InChI=1S/C17H22N2O2/c20-11-9-18-16-7-3-1-5-14(16)13-15-6-2-4-8-17(15)19-10-12-21/h1-8,18-21H,9-13H2. The van der Waals surface area contributed by atoms with Gasteiger partial charge in [0.05, 0.1) is 13.2 Å². The van der Waals surface area contributed by atoms with Crippen molar-refractivity contribution in [3.63, 3.8) is 0 Å². The van der Waals surface area contributed by atoms with Crippen molar-refractivity contribution in [2.75, 3.05) is 36.9 Å². The lowest BCUT2D eigenvalue weighted by molar-refractivity contribution is 0.311. The third kappa shape index (κ3) is 4.48. The van der Waals surface area contributed by atoms with Crippen LogP contribution in [0.2, 0.25) is 0 Å². The number of rotatable bonds is 8. The van der Waals surface area contributed by atoms with E-state index in [2.05, 4.69) is 22.8 Å². The maximum atomic E-state index is 8.95. The maximum Gasteiger partial charge on any atom is 0.0604 e. The van der Waals surface area contributed by atoms with Gasteiger partial charge < -0.3 is 20.8 Å². The summed E-state index contributed by atoms with van der Waals surface area (Å²) in [6.45, 7) is 1.31. The average Bonchev–Trinajstić information content (AvgIpc) is 2.53. The maximum absolute atomic E-state index is 8.95. The van der Waals surface area contributed by atoms with E-state index >= 15 is 0 Å². The number of benzene rings is 2. The van der Waals surface area contributed by atoms with Gasteiger partial charge in [-0.15, -0.1) is 0 Å². The monoisotopic (exact) mass is 286 g/mol. The fraction of sp³-hybridized carbons (Fsp3) is 0.294. The van der Waals surface area contributed by atoms with Crippen LogP contribution in [0.3, 0.4) is 0 Å². The van der Waals surface area contributed by atoms with Gasteiger partial charge in [0.25, 0.3) is 0 Å². The van der Waals surface area contributed by atoms with E-state index < -0.39 is 0 Å². The van der Waals surface area contributed by atoms with E-state index in [0.29, 0.717) is 13.1 Å². The Morgan fingerprint density at radius 2 is 1.10 bits per heavy atom. The van der Waals surface area contributed by atoms with Gasteiger partial charge in [-0.1, -0.05) is 36.4 Å². The van der Waals surface area contributed by atoms with Crippen molar-refractivity contribution in [2.45, 2.75) is 6.42 Å². The second kappa shape index (κ2) is 8.29. The van der Waals surface area contributed by atoms with Gasteiger partial charge in [0.1, 0.15) is 0 Å². The van der Waals surface area contributed by atoms with Crippen molar-refractivity contribution in [1.82, 2.24) is 0 Å². The van der Waals surface area contributed by atoms with E-state index in [0.717, 1.165) is 17.8 Å². The molecule has 112 valence electrons. The minimum atomic E-state index is 0.114. The number of hydrogen-bond donors (Lipinski definition) is 4. The highest BCUT2D eigenvalue weighted by atomic mass is 16.3. The fourth-order valence-electron chi connectivity index (χ4n) is 2.28. The molecule has 0 aliphatic carbocycles. The van der Waals surface area contributed by atoms with E-state index in [4.69, 9.17) is 10.2 Å². The first kappa shape index (κ1) is 15.4. The molecule has 0 heterocycles. The lowest BCUT2D eigenvalue weighted by Gasteiger charge is -2.14. The van der Waals surface area contributed by atoms with Crippen molar-refractivity contribution in [2.24, 2.45) is 0 Å².